The number of rotatable bonds is 6. The Labute approximate surface area is 179 Å². The van der Waals surface area contributed by atoms with E-state index in [0.717, 1.165) is 16.8 Å². The minimum Gasteiger partial charge on any atom is -0.267 e. The van der Waals surface area contributed by atoms with E-state index >= 15 is 0 Å². The van der Waals surface area contributed by atoms with Gasteiger partial charge in [-0.1, -0.05) is 78.9 Å². The van der Waals surface area contributed by atoms with E-state index in [1.807, 2.05) is 60.7 Å². The summed E-state index contributed by atoms with van der Waals surface area (Å²) in [5.41, 5.74) is 5.61. The summed E-state index contributed by atoms with van der Waals surface area (Å²) in [4.78, 5) is 25.3. The maximum atomic E-state index is 12.9. The number of hydrogen-bond acceptors (Lipinski definition) is 4. The molecule has 0 radical (unpaired) electrons. The predicted molar refractivity (Wildman–Crippen MR) is 122 cm³/mol. The number of aryl methyl sites for hydroxylation is 1. The Bertz CT molecular complexity index is 1250. The van der Waals surface area contributed by atoms with Crippen molar-refractivity contribution in [2.75, 3.05) is 0 Å². The standard InChI is InChI=1S/C25H22N4O2/c1-29-25(31)22-15-9-8-14-21(22)23(28-29)24(30)27-26-20(16-18-10-4-2-5-11-18)17-19-12-6-3-7-13-19/h2-15H,16-17H2,1H3,(H,27,30). The number of benzene rings is 3. The Balaban J connectivity index is 1.64. The molecule has 4 rings (SSSR count). The second-order valence-electron chi connectivity index (χ2n) is 7.27. The van der Waals surface area contributed by atoms with Crippen molar-refractivity contribution in [3.63, 3.8) is 0 Å². The van der Waals surface area contributed by atoms with Crippen LogP contribution in [-0.2, 0) is 19.9 Å². The minimum absolute atomic E-state index is 0.167. The van der Waals surface area contributed by atoms with Crippen molar-refractivity contribution in [1.29, 1.82) is 0 Å². The highest BCUT2D eigenvalue weighted by Gasteiger charge is 2.15. The second kappa shape index (κ2) is 9.17. The lowest BCUT2D eigenvalue weighted by molar-refractivity contribution is 0.0949. The Morgan fingerprint density at radius 1 is 0.839 bits per heavy atom. The second-order valence-corrected chi connectivity index (χ2v) is 7.27. The topological polar surface area (TPSA) is 76.3 Å². The molecule has 0 spiro atoms. The lowest BCUT2D eigenvalue weighted by Crippen LogP contribution is -2.28. The number of fused-ring (bicyclic) bond motifs is 1. The summed E-state index contributed by atoms with van der Waals surface area (Å²) in [5.74, 6) is -0.453. The zero-order valence-corrected chi connectivity index (χ0v) is 17.2. The molecule has 0 aliphatic rings. The maximum Gasteiger partial charge on any atom is 0.292 e. The van der Waals surface area contributed by atoms with E-state index in [9.17, 15) is 9.59 Å². The summed E-state index contributed by atoms with van der Waals surface area (Å²) >= 11 is 0. The van der Waals surface area contributed by atoms with Gasteiger partial charge in [0.05, 0.1) is 5.39 Å². The van der Waals surface area contributed by atoms with Crippen molar-refractivity contribution >= 4 is 22.4 Å². The number of carbonyl (C=O) groups is 1. The molecule has 31 heavy (non-hydrogen) atoms. The summed E-state index contributed by atoms with van der Waals surface area (Å²) in [6.07, 6.45) is 1.22. The van der Waals surface area contributed by atoms with E-state index in [4.69, 9.17) is 0 Å². The van der Waals surface area contributed by atoms with Crippen LogP contribution in [0.2, 0.25) is 0 Å². The van der Waals surface area contributed by atoms with Crippen molar-refractivity contribution in [3.8, 4) is 0 Å². The number of aromatic nitrogens is 2. The van der Waals surface area contributed by atoms with Crippen molar-refractivity contribution in [1.82, 2.24) is 15.2 Å². The fraction of sp³-hybridized carbons (Fsp3) is 0.120. The number of nitrogens with zero attached hydrogens (tertiary/aromatic N) is 3. The van der Waals surface area contributed by atoms with Crippen molar-refractivity contribution in [2.24, 2.45) is 12.1 Å². The van der Waals surface area contributed by atoms with Crippen LogP contribution in [0.5, 0.6) is 0 Å². The molecule has 6 nitrogen and oxygen atoms in total. The van der Waals surface area contributed by atoms with Gasteiger partial charge in [-0.15, -0.1) is 0 Å². The SMILES string of the molecule is Cn1nc(C(=O)NN=C(Cc2ccccc2)Cc2ccccc2)c2ccccc2c1=O. The molecular weight excluding hydrogens is 388 g/mol. The first-order chi connectivity index (χ1) is 15.1. The third kappa shape index (κ3) is 4.75. The average Bonchev–Trinajstić information content (AvgIpc) is 2.81. The summed E-state index contributed by atoms with van der Waals surface area (Å²) in [7, 11) is 1.53. The van der Waals surface area contributed by atoms with Crippen LogP contribution in [0.25, 0.3) is 10.8 Å². The molecule has 154 valence electrons. The number of nitrogens with one attached hydrogen (secondary N) is 1. The first-order valence-corrected chi connectivity index (χ1v) is 10.0. The molecule has 0 saturated carbocycles. The van der Waals surface area contributed by atoms with E-state index in [1.54, 1.807) is 24.3 Å². The van der Waals surface area contributed by atoms with Gasteiger partial charge >= 0.3 is 0 Å². The smallest absolute Gasteiger partial charge is 0.267 e. The van der Waals surface area contributed by atoms with Gasteiger partial charge in [0.2, 0.25) is 0 Å². The summed E-state index contributed by atoms with van der Waals surface area (Å²) in [5, 5.41) is 9.56. The van der Waals surface area contributed by atoms with Crippen molar-refractivity contribution in [2.45, 2.75) is 12.8 Å². The molecule has 0 aliphatic heterocycles. The van der Waals surface area contributed by atoms with Crippen LogP contribution >= 0.6 is 0 Å². The molecule has 3 aromatic carbocycles. The van der Waals surface area contributed by atoms with Crippen molar-refractivity contribution in [3.05, 3.63) is 112 Å². The highest BCUT2D eigenvalue weighted by Crippen LogP contribution is 2.13. The Hall–Kier alpha value is -4.06. The molecule has 0 saturated heterocycles. The van der Waals surface area contributed by atoms with Gasteiger partial charge in [-0.25, -0.2) is 10.1 Å². The molecule has 1 N–H and O–H groups in total. The van der Waals surface area contributed by atoms with Gasteiger partial charge in [0.25, 0.3) is 11.5 Å². The Kier molecular flexibility index (Phi) is 5.98. The third-order valence-electron chi connectivity index (χ3n) is 4.99. The van der Waals surface area contributed by atoms with Crippen LogP contribution in [0.3, 0.4) is 0 Å². The highest BCUT2D eigenvalue weighted by molar-refractivity contribution is 6.05. The summed E-state index contributed by atoms with van der Waals surface area (Å²) in [6.45, 7) is 0. The maximum absolute atomic E-state index is 12.9. The average molecular weight is 410 g/mol. The highest BCUT2D eigenvalue weighted by atomic mass is 16.2. The van der Waals surface area contributed by atoms with E-state index in [1.165, 1.54) is 11.7 Å². The molecule has 1 aromatic heterocycles. The normalized spacial score (nSPS) is 10.6. The summed E-state index contributed by atoms with van der Waals surface area (Å²) < 4.78 is 1.18. The molecule has 0 atom stereocenters. The zero-order valence-electron chi connectivity index (χ0n) is 17.2. The fourth-order valence-corrected chi connectivity index (χ4v) is 3.45. The van der Waals surface area contributed by atoms with Crippen LogP contribution in [-0.4, -0.2) is 21.4 Å². The van der Waals surface area contributed by atoms with Crippen LogP contribution in [0, 0.1) is 0 Å². The van der Waals surface area contributed by atoms with Gasteiger partial charge in [0.15, 0.2) is 5.69 Å². The molecule has 4 aromatic rings. The molecule has 0 fully saturated rings. The molecule has 1 amide bonds. The molecule has 0 unspecified atom stereocenters. The van der Waals surface area contributed by atoms with E-state index in [-0.39, 0.29) is 11.3 Å². The largest absolute Gasteiger partial charge is 0.292 e. The Morgan fingerprint density at radius 3 is 1.94 bits per heavy atom. The van der Waals surface area contributed by atoms with Crippen LogP contribution < -0.4 is 11.0 Å². The number of carbonyl (C=O) groups excluding carboxylic acids is 1. The molecule has 1 heterocycles. The van der Waals surface area contributed by atoms with Gasteiger partial charge in [-0.2, -0.15) is 10.2 Å². The zero-order chi connectivity index (χ0) is 21.6. The van der Waals surface area contributed by atoms with Gasteiger partial charge in [0, 0.05) is 31.0 Å². The van der Waals surface area contributed by atoms with Crippen molar-refractivity contribution < 1.29 is 4.79 Å². The predicted octanol–water partition coefficient (Wildman–Crippen LogP) is 3.50. The number of hydrogen-bond donors (Lipinski definition) is 1. The lowest BCUT2D eigenvalue weighted by atomic mass is 10.0. The van der Waals surface area contributed by atoms with Gasteiger partial charge < -0.3 is 0 Å². The van der Waals surface area contributed by atoms with Crippen LogP contribution in [0.15, 0.2) is 94.8 Å². The van der Waals surface area contributed by atoms with Gasteiger partial charge in [0.1, 0.15) is 0 Å². The fourth-order valence-electron chi connectivity index (χ4n) is 3.45. The molecule has 6 heteroatoms. The lowest BCUT2D eigenvalue weighted by Gasteiger charge is -2.10. The number of hydrazone groups is 1. The monoisotopic (exact) mass is 410 g/mol. The van der Waals surface area contributed by atoms with Crippen LogP contribution in [0.1, 0.15) is 21.6 Å². The quantitative estimate of drug-likeness (QED) is 0.390. The first-order valence-electron chi connectivity index (χ1n) is 10.0. The first kappa shape index (κ1) is 20.2. The van der Waals surface area contributed by atoms with Crippen LogP contribution in [0.4, 0.5) is 0 Å². The molecule has 0 aliphatic carbocycles. The van der Waals surface area contributed by atoms with Gasteiger partial charge in [-0.05, 0) is 17.2 Å². The van der Waals surface area contributed by atoms with E-state index in [2.05, 4.69) is 15.6 Å². The van der Waals surface area contributed by atoms with E-state index < -0.39 is 5.91 Å². The molecule has 0 bridgehead atoms. The summed E-state index contributed by atoms with van der Waals surface area (Å²) in [6, 6.07) is 26.9. The minimum atomic E-state index is -0.453. The Morgan fingerprint density at radius 2 is 1.35 bits per heavy atom. The van der Waals surface area contributed by atoms with Gasteiger partial charge in [-0.3, -0.25) is 9.59 Å². The third-order valence-corrected chi connectivity index (χ3v) is 4.99. The molecular formula is C25H22N4O2. The number of amides is 1. The van der Waals surface area contributed by atoms with E-state index in [0.29, 0.717) is 23.6 Å².